The summed E-state index contributed by atoms with van der Waals surface area (Å²) < 4.78 is 5.55. The van der Waals surface area contributed by atoms with E-state index in [1.165, 1.54) is 0 Å². The number of nitrogens with one attached hydrogen (secondary N) is 1. The predicted molar refractivity (Wildman–Crippen MR) is 126 cm³/mol. The molecule has 1 fully saturated rings. The second kappa shape index (κ2) is 8.81. The lowest BCUT2D eigenvalue weighted by Gasteiger charge is -2.38. The molecule has 31 heavy (non-hydrogen) atoms. The Hall–Kier alpha value is -2.70. The van der Waals surface area contributed by atoms with Gasteiger partial charge in [0, 0.05) is 10.4 Å². The van der Waals surface area contributed by atoms with E-state index >= 15 is 0 Å². The number of hydrogen-bond donors (Lipinski definition) is 1. The summed E-state index contributed by atoms with van der Waals surface area (Å²) in [6.45, 7) is 3.88. The Morgan fingerprint density at radius 2 is 1.84 bits per heavy atom. The van der Waals surface area contributed by atoms with Gasteiger partial charge in [-0.3, -0.25) is 10.1 Å². The molecule has 1 aliphatic rings. The van der Waals surface area contributed by atoms with Gasteiger partial charge in [0.25, 0.3) is 0 Å². The molecule has 3 aromatic carbocycles. The van der Waals surface area contributed by atoms with Crippen LogP contribution in [0.5, 0.6) is 0 Å². The van der Waals surface area contributed by atoms with Crippen LogP contribution >= 0.6 is 23.4 Å². The number of carbonyl (C=O) groups is 2. The van der Waals surface area contributed by atoms with E-state index in [-0.39, 0.29) is 17.9 Å². The normalized spacial score (nSPS) is 16.5. The molecule has 1 N–H and O–H groups in total. The van der Waals surface area contributed by atoms with Crippen LogP contribution in [0.1, 0.15) is 24.8 Å². The maximum absolute atomic E-state index is 12.7. The van der Waals surface area contributed by atoms with Gasteiger partial charge in [0.2, 0.25) is 5.91 Å². The Kier molecular flexibility index (Phi) is 6.12. The van der Waals surface area contributed by atoms with E-state index in [4.69, 9.17) is 16.3 Å². The third kappa shape index (κ3) is 4.65. The molecule has 1 aliphatic heterocycles. The first-order chi connectivity index (χ1) is 14.8. The van der Waals surface area contributed by atoms with Gasteiger partial charge in [0.05, 0.1) is 17.0 Å². The van der Waals surface area contributed by atoms with Gasteiger partial charge in [0.15, 0.2) is 0 Å². The van der Waals surface area contributed by atoms with Crippen molar-refractivity contribution in [2.75, 3.05) is 17.7 Å². The summed E-state index contributed by atoms with van der Waals surface area (Å²) in [5, 5.41) is 5.30. The third-order valence-corrected chi connectivity index (χ3v) is 6.72. The quantitative estimate of drug-likeness (QED) is 0.506. The van der Waals surface area contributed by atoms with Crippen LogP contribution in [0.3, 0.4) is 0 Å². The maximum atomic E-state index is 12.7. The number of hydrogen-bond acceptors (Lipinski definition) is 4. The fourth-order valence-electron chi connectivity index (χ4n) is 3.74. The van der Waals surface area contributed by atoms with Crippen LogP contribution in [0, 0.1) is 0 Å². The van der Waals surface area contributed by atoms with E-state index in [0.29, 0.717) is 16.5 Å². The van der Waals surface area contributed by atoms with E-state index in [9.17, 15) is 9.59 Å². The number of anilines is 1. The second-order valence-corrected chi connectivity index (χ2v) is 9.52. The molecule has 1 atom stereocenters. The van der Waals surface area contributed by atoms with E-state index < -0.39 is 11.6 Å². The molecule has 1 heterocycles. The molecule has 4 rings (SSSR count). The summed E-state index contributed by atoms with van der Waals surface area (Å²) in [4.78, 5) is 27.0. The van der Waals surface area contributed by atoms with Crippen LogP contribution in [-0.4, -0.2) is 34.8 Å². The summed E-state index contributed by atoms with van der Waals surface area (Å²) in [6.07, 6.45) is -0.549. The first-order valence-corrected chi connectivity index (χ1v) is 11.4. The van der Waals surface area contributed by atoms with Crippen molar-refractivity contribution in [3.05, 3.63) is 77.3 Å². The van der Waals surface area contributed by atoms with E-state index in [1.54, 1.807) is 16.7 Å². The Labute approximate surface area is 190 Å². The molecule has 0 saturated carbocycles. The van der Waals surface area contributed by atoms with Crippen molar-refractivity contribution in [3.8, 4) is 0 Å². The maximum Gasteiger partial charge on any atom is 0.411 e. The SMILES string of the molecule is CC(C)(COC(=O)Nc1cccc2ccccc12)N1C(=O)CS[C@@H]1c1ccc(Cl)cc1. The second-order valence-electron chi connectivity index (χ2n) is 8.02. The molecular formula is C24H23ClN2O3S. The number of fused-ring (bicyclic) bond motifs is 1. The first kappa shape index (κ1) is 21.5. The Morgan fingerprint density at radius 1 is 1.13 bits per heavy atom. The number of benzene rings is 3. The third-order valence-electron chi connectivity index (χ3n) is 5.26. The number of carbonyl (C=O) groups excluding carboxylic acids is 2. The lowest BCUT2D eigenvalue weighted by Crippen LogP contribution is -2.49. The van der Waals surface area contributed by atoms with Gasteiger partial charge in [0.1, 0.15) is 12.0 Å². The van der Waals surface area contributed by atoms with Crippen molar-refractivity contribution in [1.82, 2.24) is 4.90 Å². The average Bonchev–Trinajstić information content (AvgIpc) is 3.15. The van der Waals surface area contributed by atoms with E-state index in [0.717, 1.165) is 16.3 Å². The van der Waals surface area contributed by atoms with Crippen LogP contribution in [0.25, 0.3) is 10.8 Å². The highest BCUT2D eigenvalue weighted by molar-refractivity contribution is 8.00. The zero-order chi connectivity index (χ0) is 22.0. The minimum Gasteiger partial charge on any atom is -0.447 e. The van der Waals surface area contributed by atoms with Crippen molar-refractivity contribution in [3.63, 3.8) is 0 Å². The van der Waals surface area contributed by atoms with Crippen LogP contribution in [-0.2, 0) is 9.53 Å². The van der Waals surface area contributed by atoms with Crippen LogP contribution in [0.4, 0.5) is 10.5 Å². The van der Waals surface area contributed by atoms with Crippen LogP contribution < -0.4 is 5.32 Å². The molecule has 0 bridgehead atoms. The number of thioether (sulfide) groups is 1. The lowest BCUT2D eigenvalue weighted by atomic mass is 10.0. The Balaban J connectivity index is 1.45. The fourth-order valence-corrected chi connectivity index (χ4v) is 5.21. The number of halogens is 1. The van der Waals surface area contributed by atoms with Gasteiger partial charge < -0.3 is 9.64 Å². The van der Waals surface area contributed by atoms with Crippen molar-refractivity contribution in [2.24, 2.45) is 0 Å². The van der Waals surface area contributed by atoms with Crippen LogP contribution in [0.2, 0.25) is 5.02 Å². The topological polar surface area (TPSA) is 58.6 Å². The summed E-state index contributed by atoms with van der Waals surface area (Å²) in [5.74, 6) is 0.409. The summed E-state index contributed by atoms with van der Waals surface area (Å²) >= 11 is 7.57. The zero-order valence-electron chi connectivity index (χ0n) is 17.3. The van der Waals surface area contributed by atoms with Crippen molar-refractivity contribution in [2.45, 2.75) is 24.8 Å². The number of nitrogens with zero attached hydrogens (tertiary/aromatic N) is 1. The minimum atomic E-state index is -0.680. The van der Waals surface area contributed by atoms with Crippen molar-refractivity contribution >= 4 is 51.8 Å². The Morgan fingerprint density at radius 3 is 2.61 bits per heavy atom. The summed E-state index contributed by atoms with van der Waals surface area (Å²) in [6, 6.07) is 21.0. The van der Waals surface area contributed by atoms with Crippen molar-refractivity contribution < 1.29 is 14.3 Å². The smallest absolute Gasteiger partial charge is 0.411 e. The largest absolute Gasteiger partial charge is 0.447 e. The lowest BCUT2D eigenvalue weighted by molar-refractivity contribution is -0.134. The molecule has 0 aliphatic carbocycles. The highest BCUT2D eigenvalue weighted by Crippen LogP contribution is 2.43. The standard InChI is InChI=1S/C24H23ClN2O3S/c1-24(2,27-21(28)14-31-22(27)17-10-12-18(25)13-11-17)15-30-23(29)26-20-9-5-7-16-6-3-4-8-19(16)20/h3-13,22H,14-15H2,1-2H3,(H,26,29)/t22-/m1/s1. The van der Waals surface area contributed by atoms with Gasteiger partial charge in [-0.15, -0.1) is 11.8 Å². The van der Waals surface area contributed by atoms with Crippen molar-refractivity contribution in [1.29, 1.82) is 0 Å². The molecule has 0 spiro atoms. The van der Waals surface area contributed by atoms with E-state index in [2.05, 4.69) is 5.32 Å². The zero-order valence-corrected chi connectivity index (χ0v) is 18.9. The summed E-state index contributed by atoms with van der Waals surface area (Å²) in [7, 11) is 0. The highest BCUT2D eigenvalue weighted by atomic mass is 35.5. The molecule has 3 aromatic rings. The molecule has 1 saturated heterocycles. The number of amides is 2. The van der Waals surface area contributed by atoms with Gasteiger partial charge in [-0.05, 0) is 43.0 Å². The fraction of sp³-hybridized carbons (Fsp3) is 0.250. The highest BCUT2D eigenvalue weighted by Gasteiger charge is 2.42. The Bertz CT molecular complexity index is 1110. The molecule has 0 unspecified atom stereocenters. The predicted octanol–water partition coefficient (Wildman–Crippen LogP) is 6.09. The molecule has 7 heteroatoms. The molecule has 5 nitrogen and oxygen atoms in total. The van der Waals surface area contributed by atoms with Crippen LogP contribution in [0.15, 0.2) is 66.7 Å². The first-order valence-electron chi connectivity index (χ1n) is 9.96. The monoisotopic (exact) mass is 454 g/mol. The van der Waals surface area contributed by atoms with E-state index in [1.807, 2.05) is 80.6 Å². The molecule has 0 aromatic heterocycles. The number of rotatable bonds is 5. The summed E-state index contributed by atoms with van der Waals surface area (Å²) in [5.41, 5.74) is 1.00. The molecule has 2 amide bonds. The van der Waals surface area contributed by atoms with Gasteiger partial charge in [-0.2, -0.15) is 0 Å². The molecular weight excluding hydrogens is 432 g/mol. The van der Waals surface area contributed by atoms with Gasteiger partial charge in [-0.25, -0.2) is 4.79 Å². The minimum absolute atomic E-state index is 0.0213. The number of ether oxygens (including phenoxy) is 1. The van der Waals surface area contributed by atoms with Gasteiger partial charge >= 0.3 is 6.09 Å². The van der Waals surface area contributed by atoms with Gasteiger partial charge in [-0.1, -0.05) is 60.1 Å². The molecule has 0 radical (unpaired) electrons. The molecule has 160 valence electrons. The average molecular weight is 455 g/mol.